The van der Waals surface area contributed by atoms with E-state index in [-0.39, 0.29) is 35.6 Å². The summed E-state index contributed by atoms with van der Waals surface area (Å²) in [4.78, 5) is 33.2. The zero-order chi connectivity index (χ0) is 18.1. The van der Waals surface area contributed by atoms with Crippen molar-refractivity contribution in [2.45, 2.75) is 64.8 Å². The Labute approximate surface area is 148 Å². The Bertz CT molecular complexity index is 640. The van der Waals surface area contributed by atoms with Crippen molar-refractivity contribution in [1.29, 1.82) is 0 Å². The van der Waals surface area contributed by atoms with Gasteiger partial charge in [0.25, 0.3) is 0 Å². The van der Waals surface area contributed by atoms with Crippen molar-refractivity contribution in [3.05, 3.63) is 11.7 Å². The topological polar surface area (TPSA) is 79.5 Å². The minimum Gasteiger partial charge on any atom is -0.342 e. The molecule has 7 nitrogen and oxygen atoms in total. The van der Waals surface area contributed by atoms with Gasteiger partial charge < -0.3 is 14.3 Å². The number of hydrogen-bond donors (Lipinski definition) is 0. The molecule has 25 heavy (non-hydrogen) atoms. The predicted octanol–water partition coefficient (Wildman–Crippen LogP) is 2.16. The summed E-state index contributed by atoms with van der Waals surface area (Å²) >= 11 is 0. The van der Waals surface area contributed by atoms with Gasteiger partial charge in [0.1, 0.15) is 0 Å². The number of amides is 2. The van der Waals surface area contributed by atoms with Crippen molar-refractivity contribution in [1.82, 2.24) is 19.9 Å². The molecule has 2 aliphatic heterocycles. The summed E-state index contributed by atoms with van der Waals surface area (Å²) in [6.45, 7) is 9.92. The number of carbonyl (C=O) groups excluding carboxylic acids is 2. The first-order chi connectivity index (χ1) is 11.9. The van der Waals surface area contributed by atoms with E-state index in [9.17, 15) is 9.59 Å². The second-order valence-electron chi connectivity index (χ2n) is 7.81. The minimum absolute atomic E-state index is 0.0849. The SMILES string of the molecule is CC(C)c1nc([C@@H]2CCCN(C(=O)[C@@H]3CC(=O)N(C(C)C)C3)C2)no1. The van der Waals surface area contributed by atoms with Gasteiger partial charge in [-0.15, -0.1) is 0 Å². The molecular weight excluding hydrogens is 320 g/mol. The molecule has 0 N–H and O–H groups in total. The van der Waals surface area contributed by atoms with Gasteiger partial charge in [0.2, 0.25) is 17.7 Å². The van der Waals surface area contributed by atoms with Crippen molar-refractivity contribution < 1.29 is 14.1 Å². The first kappa shape index (κ1) is 17.9. The van der Waals surface area contributed by atoms with Gasteiger partial charge in [0, 0.05) is 43.9 Å². The van der Waals surface area contributed by atoms with E-state index in [4.69, 9.17) is 4.52 Å². The predicted molar refractivity (Wildman–Crippen MR) is 91.9 cm³/mol. The van der Waals surface area contributed by atoms with Crippen LogP contribution in [0.2, 0.25) is 0 Å². The van der Waals surface area contributed by atoms with Crippen molar-refractivity contribution in [2.24, 2.45) is 5.92 Å². The molecule has 1 aromatic rings. The van der Waals surface area contributed by atoms with Crippen LogP contribution in [0.3, 0.4) is 0 Å². The molecule has 2 atom stereocenters. The maximum absolute atomic E-state index is 12.9. The van der Waals surface area contributed by atoms with Crippen LogP contribution in [0.4, 0.5) is 0 Å². The number of piperidine rings is 1. The molecular formula is C18H28N4O3. The number of hydrogen-bond acceptors (Lipinski definition) is 5. The lowest BCUT2D eigenvalue weighted by Crippen LogP contribution is -2.43. The van der Waals surface area contributed by atoms with Gasteiger partial charge in [-0.2, -0.15) is 4.98 Å². The van der Waals surface area contributed by atoms with E-state index in [1.165, 1.54) is 0 Å². The average Bonchev–Trinajstić information content (AvgIpc) is 3.21. The summed E-state index contributed by atoms with van der Waals surface area (Å²) in [7, 11) is 0. The van der Waals surface area contributed by atoms with Crippen LogP contribution in [0, 0.1) is 5.92 Å². The van der Waals surface area contributed by atoms with E-state index >= 15 is 0 Å². The van der Waals surface area contributed by atoms with E-state index < -0.39 is 0 Å². The Hall–Kier alpha value is -1.92. The number of carbonyl (C=O) groups is 2. The number of rotatable bonds is 4. The quantitative estimate of drug-likeness (QED) is 0.833. The molecule has 2 amide bonds. The fraction of sp³-hybridized carbons (Fsp3) is 0.778. The second kappa shape index (κ2) is 7.14. The fourth-order valence-corrected chi connectivity index (χ4v) is 3.69. The van der Waals surface area contributed by atoms with Crippen LogP contribution in [0.25, 0.3) is 0 Å². The van der Waals surface area contributed by atoms with Gasteiger partial charge in [-0.3, -0.25) is 9.59 Å². The van der Waals surface area contributed by atoms with Gasteiger partial charge in [-0.05, 0) is 26.7 Å². The summed E-state index contributed by atoms with van der Waals surface area (Å²) in [6.07, 6.45) is 2.22. The Morgan fingerprint density at radius 3 is 2.60 bits per heavy atom. The monoisotopic (exact) mass is 348 g/mol. The number of likely N-dealkylation sites (tertiary alicyclic amines) is 2. The Balaban J connectivity index is 1.65. The van der Waals surface area contributed by atoms with Crippen LogP contribution in [-0.4, -0.2) is 57.4 Å². The maximum atomic E-state index is 12.9. The average molecular weight is 348 g/mol. The standard InChI is InChI=1S/C18H28N4O3/c1-11(2)17-19-16(20-25-17)13-6-5-7-21(9-13)18(24)14-8-15(23)22(10-14)12(3)4/h11-14H,5-10H2,1-4H3/t13-,14-/m1/s1. The van der Waals surface area contributed by atoms with E-state index in [0.29, 0.717) is 31.2 Å². The molecule has 3 heterocycles. The lowest BCUT2D eigenvalue weighted by molar-refractivity contribution is -0.137. The smallest absolute Gasteiger partial charge is 0.229 e. The summed E-state index contributed by atoms with van der Waals surface area (Å²) in [5, 5.41) is 4.11. The molecule has 0 spiro atoms. The molecule has 0 aromatic carbocycles. The minimum atomic E-state index is -0.217. The summed E-state index contributed by atoms with van der Waals surface area (Å²) < 4.78 is 5.31. The normalized spacial score (nSPS) is 24.6. The van der Waals surface area contributed by atoms with Gasteiger partial charge in [0.15, 0.2) is 5.82 Å². The lowest BCUT2D eigenvalue weighted by Gasteiger charge is -2.33. The van der Waals surface area contributed by atoms with Crippen molar-refractivity contribution in [3.63, 3.8) is 0 Å². The highest BCUT2D eigenvalue weighted by molar-refractivity contribution is 5.89. The van der Waals surface area contributed by atoms with Crippen molar-refractivity contribution in [3.8, 4) is 0 Å². The van der Waals surface area contributed by atoms with E-state index in [1.807, 2.05) is 32.6 Å². The largest absolute Gasteiger partial charge is 0.342 e. The Morgan fingerprint density at radius 1 is 1.24 bits per heavy atom. The number of aromatic nitrogens is 2. The van der Waals surface area contributed by atoms with Gasteiger partial charge in [0.05, 0.1) is 5.92 Å². The van der Waals surface area contributed by atoms with Crippen LogP contribution < -0.4 is 0 Å². The maximum Gasteiger partial charge on any atom is 0.229 e. The fourth-order valence-electron chi connectivity index (χ4n) is 3.69. The third-order valence-corrected chi connectivity index (χ3v) is 5.18. The Kier molecular flexibility index (Phi) is 5.11. The van der Waals surface area contributed by atoms with E-state index in [1.54, 1.807) is 4.90 Å². The highest BCUT2D eigenvalue weighted by Crippen LogP contribution is 2.29. The van der Waals surface area contributed by atoms with Gasteiger partial charge in [-0.1, -0.05) is 19.0 Å². The second-order valence-corrected chi connectivity index (χ2v) is 7.81. The molecule has 0 unspecified atom stereocenters. The summed E-state index contributed by atoms with van der Waals surface area (Å²) in [5.41, 5.74) is 0. The third-order valence-electron chi connectivity index (χ3n) is 5.18. The molecule has 138 valence electrons. The zero-order valence-electron chi connectivity index (χ0n) is 15.6. The van der Waals surface area contributed by atoms with E-state index in [2.05, 4.69) is 10.1 Å². The van der Waals surface area contributed by atoms with Gasteiger partial charge in [-0.25, -0.2) is 0 Å². The molecule has 2 saturated heterocycles. The molecule has 0 saturated carbocycles. The van der Waals surface area contributed by atoms with Crippen LogP contribution in [0.5, 0.6) is 0 Å². The molecule has 0 radical (unpaired) electrons. The summed E-state index contributed by atoms with van der Waals surface area (Å²) in [6, 6.07) is 0.146. The first-order valence-corrected chi connectivity index (χ1v) is 9.28. The van der Waals surface area contributed by atoms with Gasteiger partial charge >= 0.3 is 0 Å². The van der Waals surface area contributed by atoms with Crippen LogP contribution in [0.1, 0.15) is 70.5 Å². The Morgan fingerprint density at radius 2 is 2.00 bits per heavy atom. The summed E-state index contributed by atoms with van der Waals surface area (Å²) in [5.74, 6) is 1.63. The van der Waals surface area contributed by atoms with Crippen LogP contribution >= 0.6 is 0 Å². The molecule has 3 rings (SSSR count). The van der Waals surface area contributed by atoms with E-state index in [0.717, 1.165) is 19.4 Å². The molecule has 2 fully saturated rings. The van der Waals surface area contributed by atoms with Crippen molar-refractivity contribution in [2.75, 3.05) is 19.6 Å². The first-order valence-electron chi connectivity index (χ1n) is 9.28. The molecule has 7 heteroatoms. The highest BCUT2D eigenvalue weighted by Gasteiger charge is 2.39. The van der Waals surface area contributed by atoms with Crippen LogP contribution in [-0.2, 0) is 9.59 Å². The highest BCUT2D eigenvalue weighted by atomic mass is 16.5. The molecule has 1 aromatic heterocycles. The molecule has 2 aliphatic rings. The molecule has 0 aliphatic carbocycles. The zero-order valence-corrected chi connectivity index (χ0v) is 15.6. The number of nitrogens with zero attached hydrogens (tertiary/aromatic N) is 4. The van der Waals surface area contributed by atoms with Crippen molar-refractivity contribution >= 4 is 11.8 Å². The van der Waals surface area contributed by atoms with Crippen LogP contribution in [0.15, 0.2) is 4.52 Å². The molecule has 0 bridgehead atoms. The lowest BCUT2D eigenvalue weighted by atomic mass is 9.95. The third kappa shape index (κ3) is 3.70.